The Balaban J connectivity index is 1.39. The highest BCUT2D eigenvalue weighted by atomic mass is 16.5. The molecule has 1 aromatic carbocycles. The number of benzene rings is 1. The molecule has 0 aliphatic heterocycles. The van der Waals surface area contributed by atoms with Crippen LogP contribution in [0.15, 0.2) is 42.7 Å². The Labute approximate surface area is 156 Å². The summed E-state index contributed by atoms with van der Waals surface area (Å²) < 4.78 is 6.88. The van der Waals surface area contributed by atoms with Gasteiger partial charge in [0.1, 0.15) is 5.75 Å². The Morgan fingerprint density at radius 2 is 2.19 bits per heavy atom. The summed E-state index contributed by atoms with van der Waals surface area (Å²) >= 11 is 0. The minimum absolute atomic E-state index is 0.196. The third-order valence-corrected chi connectivity index (χ3v) is 4.76. The quantitative estimate of drug-likeness (QED) is 0.462. The largest absolute Gasteiger partial charge is 0.497 e. The number of nitrogens with one attached hydrogen (secondary N) is 2. The average molecular weight is 366 g/mol. The molecule has 27 heavy (non-hydrogen) atoms. The van der Waals surface area contributed by atoms with Crippen molar-refractivity contribution in [3.05, 3.63) is 53.9 Å². The highest BCUT2D eigenvalue weighted by Crippen LogP contribution is 2.24. The summed E-state index contributed by atoms with van der Waals surface area (Å²) in [6.07, 6.45) is 3.98. The van der Waals surface area contributed by atoms with Gasteiger partial charge < -0.3 is 20.1 Å². The number of hydrogen-bond donors (Lipinski definition) is 3. The van der Waals surface area contributed by atoms with Crippen molar-refractivity contribution in [2.75, 3.05) is 13.7 Å². The van der Waals surface area contributed by atoms with Crippen LogP contribution in [0.4, 0.5) is 0 Å². The van der Waals surface area contributed by atoms with Crippen LogP contribution in [0, 0.1) is 0 Å². The summed E-state index contributed by atoms with van der Waals surface area (Å²) in [7, 11) is 1.67. The van der Waals surface area contributed by atoms with Crippen LogP contribution >= 0.6 is 0 Å². The standard InChI is InChI=1S/C19H22N6O2/c1-12(7-14-9-21-17-5-4-15(27-2)8-16(14)17)20-10-18(26)13-3-6-19-22-23-24-25(19)11-13/h3-6,8-9,11-12,18,20-21,26H,7,10H2,1-2H3/t12-,18+/m1/s1. The van der Waals surface area contributed by atoms with E-state index in [0.29, 0.717) is 12.2 Å². The van der Waals surface area contributed by atoms with Crippen LogP contribution in [0.2, 0.25) is 0 Å². The van der Waals surface area contributed by atoms with E-state index in [9.17, 15) is 5.11 Å². The lowest BCUT2D eigenvalue weighted by atomic mass is 10.1. The van der Waals surface area contributed by atoms with Crippen LogP contribution < -0.4 is 10.1 Å². The molecule has 8 heteroatoms. The van der Waals surface area contributed by atoms with Gasteiger partial charge in [0.2, 0.25) is 0 Å². The maximum Gasteiger partial charge on any atom is 0.179 e. The SMILES string of the molecule is COc1ccc2[nH]cc(C[C@@H](C)NC[C@H](O)c3ccc4nnnn4c3)c2c1. The number of fused-ring (bicyclic) bond motifs is 2. The first-order valence-corrected chi connectivity index (χ1v) is 8.87. The van der Waals surface area contributed by atoms with Gasteiger partial charge in [0, 0.05) is 41.4 Å². The van der Waals surface area contributed by atoms with Gasteiger partial charge >= 0.3 is 0 Å². The Morgan fingerprint density at radius 3 is 3.04 bits per heavy atom. The van der Waals surface area contributed by atoms with Crippen molar-refractivity contribution >= 4 is 16.6 Å². The fourth-order valence-electron chi connectivity index (χ4n) is 3.24. The summed E-state index contributed by atoms with van der Waals surface area (Å²) in [6, 6.07) is 9.85. The fraction of sp³-hybridized carbons (Fsp3) is 0.316. The normalized spacial score (nSPS) is 13.9. The molecule has 0 saturated heterocycles. The molecule has 3 aromatic heterocycles. The second-order valence-corrected chi connectivity index (χ2v) is 6.70. The van der Waals surface area contributed by atoms with Gasteiger partial charge in [0.05, 0.1) is 13.2 Å². The molecule has 0 radical (unpaired) electrons. The van der Waals surface area contributed by atoms with Gasteiger partial charge in [0.15, 0.2) is 5.65 Å². The van der Waals surface area contributed by atoms with Crippen LogP contribution in [0.1, 0.15) is 24.2 Å². The van der Waals surface area contributed by atoms with Crippen molar-refractivity contribution in [1.29, 1.82) is 0 Å². The minimum Gasteiger partial charge on any atom is -0.497 e. The predicted molar refractivity (Wildman–Crippen MR) is 102 cm³/mol. The van der Waals surface area contributed by atoms with E-state index in [1.54, 1.807) is 23.9 Å². The van der Waals surface area contributed by atoms with E-state index in [4.69, 9.17) is 4.74 Å². The van der Waals surface area contributed by atoms with Crippen molar-refractivity contribution in [2.24, 2.45) is 0 Å². The molecule has 2 atom stereocenters. The number of hydrogen-bond acceptors (Lipinski definition) is 6. The summed E-state index contributed by atoms with van der Waals surface area (Å²) in [4.78, 5) is 3.30. The van der Waals surface area contributed by atoms with E-state index in [1.165, 1.54) is 5.56 Å². The zero-order valence-electron chi connectivity index (χ0n) is 15.3. The summed E-state index contributed by atoms with van der Waals surface area (Å²) in [5.74, 6) is 0.845. The third kappa shape index (κ3) is 3.62. The highest BCUT2D eigenvalue weighted by molar-refractivity contribution is 5.84. The molecule has 140 valence electrons. The van der Waals surface area contributed by atoms with Crippen molar-refractivity contribution < 1.29 is 9.84 Å². The van der Waals surface area contributed by atoms with E-state index < -0.39 is 6.10 Å². The number of ether oxygens (including phenoxy) is 1. The van der Waals surface area contributed by atoms with Crippen molar-refractivity contribution in [2.45, 2.75) is 25.5 Å². The number of nitrogens with zero attached hydrogens (tertiary/aromatic N) is 4. The fourth-order valence-corrected chi connectivity index (χ4v) is 3.24. The number of H-pyrrole nitrogens is 1. The van der Waals surface area contributed by atoms with E-state index in [1.807, 2.05) is 30.5 Å². The molecule has 0 unspecified atom stereocenters. The third-order valence-electron chi connectivity index (χ3n) is 4.76. The molecule has 0 aliphatic carbocycles. The monoisotopic (exact) mass is 366 g/mol. The number of aliphatic hydroxyl groups excluding tert-OH is 1. The van der Waals surface area contributed by atoms with Crippen LogP contribution in [-0.2, 0) is 6.42 Å². The van der Waals surface area contributed by atoms with E-state index in [0.717, 1.165) is 28.6 Å². The number of rotatable bonds is 7. The van der Waals surface area contributed by atoms with Crippen molar-refractivity contribution in [3.8, 4) is 5.75 Å². The molecule has 0 fully saturated rings. The van der Waals surface area contributed by atoms with Gasteiger partial charge in [-0.1, -0.05) is 6.07 Å². The number of tetrazole rings is 1. The molecular weight excluding hydrogens is 344 g/mol. The van der Waals surface area contributed by atoms with Crippen LogP contribution in [-0.4, -0.2) is 49.8 Å². The van der Waals surface area contributed by atoms with Crippen LogP contribution in [0.5, 0.6) is 5.75 Å². The average Bonchev–Trinajstić information content (AvgIpc) is 3.32. The van der Waals surface area contributed by atoms with Gasteiger partial charge in [-0.25, -0.2) is 4.52 Å². The van der Waals surface area contributed by atoms with Crippen molar-refractivity contribution in [1.82, 2.24) is 30.3 Å². The minimum atomic E-state index is -0.635. The molecular formula is C19H22N6O2. The van der Waals surface area contributed by atoms with Crippen molar-refractivity contribution in [3.63, 3.8) is 0 Å². The Hall–Kier alpha value is -2.97. The lowest BCUT2D eigenvalue weighted by Gasteiger charge is -2.17. The first-order valence-electron chi connectivity index (χ1n) is 8.87. The summed E-state index contributed by atoms with van der Waals surface area (Å²) in [5.41, 5.74) is 3.73. The van der Waals surface area contributed by atoms with Gasteiger partial charge in [-0.2, -0.15) is 0 Å². The molecule has 4 aromatic rings. The number of aliphatic hydroxyl groups is 1. The molecule has 3 N–H and O–H groups in total. The molecule has 0 saturated carbocycles. The molecule has 0 spiro atoms. The van der Waals surface area contributed by atoms with E-state index >= 15 is 0 Å². The van der Waals surface area contributed by atoms with Crippen LogP contribution in [0.3, 0.4) is 0 Å². The summed E-state index contributed by atoms with van der Waals surface area (Å²) in [5, 5.41) is 26.4. The number of aromatic nitrogens is 5. The van der Waals surface area contributed by atoms with E-state index in [2.05, 4.69) is 32.7 Å². The first-order chi connectivity index (χ1) is 13.1. The number of pyridine rings is 1. The first kappa shape index (κ1) is 17.4. The van der Waals surface area contributed by atoms with Gasteiger partial charge in [0.25, 0.3) is 0 Å². The highest BCUT2D eigenvalue weighted by Gasteiger charge is 2.13. The molecule has 4 rings (SSSR count). The molecule has 3 heterocycles. The van der Waals surface area contributed by atoms with Crippen LogP contribution in [0.25, 0.3) is 16.6 Å². The maximum atomic E-state index is 10.5. The van der Waals surface area contributed by atoms with E-state index in [-0.39, 0.29) is 6.04 Å². The molecule has 0 amide bonds. The summed E-state index contributed by atoms with van der Waals surface area (Å²) in [6.45, 7) is 2.55. The zero-order chi connectivity index (χ0) is 18.8. The second kappa shape index (κ2) is 7.34. The molecule has 0 aliphatic rings. The second-order valence-electron chi connectivity index (χ2n) is 6.70. The lowest BCUT2D eigenvalue weighted by Crippen LogP contribution is -2.32. The van der Waals surface area contributed by atoms with Gasteiger partial charge in [-0.3, -0.25) is 0 Å². The lowest BCUT2D eigenvalue weighted by molar-refractivity contribution is 0.170. The topological polar surface area (TPSA) is 100 Å². The Bertz CT molecular complexity index is 1060. The maximum absolute atomic E-state index is 10.5. The smallest absolute Gasteiger partial charge is 0.179 e. The number of aromatic amines is 1. The van der Waals surface area contributed by atoms with Gasteiger partial charge in [-0.05, 0) is 53.6 Å². The Morgan fingerprint density at radius 1 is 1.30 bits per heavy atom. The predicted octanol–water partition coefficient (Wildman–Crippen LogP) is 1.87. The van der Waals surface area contributed by atoms with Gasteiger partial charge in [-0.15, -0.1) is 5.10 Å². The molecule has 0 bridgehead atoms. The Kier molecular flexibility index (Phi) is 4.74. The number of methoxy groups -OCH3 is 1. The molecule has 8 nitrogen and oxygen atoms in total. The zero-order valence-corrected chi connectivity index (χ0v) is 15.3.